The molecule has 4 N–H and O–H groups in total. The van der Waals surface area contributed by atoms with E-state index in [1.807, 2.05) is 19.2 Å². The Labute approximate surface area is 131 Å². The second-order valence-corrected chi connectivity index (χ2v) is 5.05. The van der Waals surface area contributed by atoms with Crippen LogP contribution in [0.25, 0.3) is 0 Å². The van der Waals surface area contributed by atoms with Crippen LogP contribution in [0.1, 0.15) is 24.6 Å². The lowest BCUT2D eigenvalue weighted by Crippen LogP contribution is -2.47. The van der Waals surface area contributed by atoms with Crippen LogP contribution in [0, 0.1) is 6.92 Å². The average molecular weight is 309 g/mol. The second kappa shape index (κ2) is 9.25. The van der Waals surface area contributed by atoms with Crippen molar-refractivity contribution in [2.24, 2.45) is 10.7 Å². The summed E-state index contributed by atoms with van der Waals surface area (Å²) in [4.78, 5) is 8.78. The van der Waals surface area contributed by atoms with Crippen LogP contribution in [0.3, 0.4) is 0 Å². The van der Waals surface area contributed by atoms with Gasteiger partial charge in [-0.2, -0.15) is 0 Å². The molecule has 0 saturated carbocycles. The third kappa shape index (κ3) is 7.01. The molecule has 1 rings (SSSR count). The van der Waals surface area contributed by atoms with Crippen LogP contribution in [-0.2, 0) is 11.2 Å². The number of rotatable bonds is 6. The van der Waals surface area contributed by atoms with Crippen LogP contribution in [0.4, 0.5) is 0 Å². The van der Waals surface area contributed by atoms with E-state index in [4.69, 9.17) is 22.7 Å². The molecule has 0 fully saturated rings. The maximum absolute atomic E-state index is 5.47. The van der Waals surface area contributed by atoms with E-state index in [9.17, 15) is 0 Å². The van der Waals surface area contributed by atoms with Crippen LogP contribution >= 0.6 is 12.2 Å². The lowest BCUT2D eigenvalue weighted by Gasteiger charge is -2.16. The summed E-state index contributed by atoms with van der Waals surface area (Å²) in [7, 11) is 1.61. The molecule has 0 aliphatic heterocycles. The second-order valence-electron chi connectivity index (χ2n) is 4.61. The quantitative estimate of drug-likeness (QED) is 0.240. The number of aryl methyl sites for hydroxylation is 2. The lowest BCUT2D eigenvalue weighted by atomic mass is 10.1. The molecule has 0 aliphatic rings. The molecule has 1 heterocycles. The molecule has 0 aromatic carbocycles. The van der Waals surface area contributed by atoms with E-state index >= 15 is 0 Å². The molecular weight excluding hydrogens is 286 g/mol. The molecule has 0 aliphatic carbocycles. The number of aromatic nitrogens is 1. The molecule has 0 radical (unpaired) electrons. The van der Waals surface area contributed by atoms with Gasteiger partial charge in [0.15, 0.2) is 11.1 Å². The van der Waals surface area contributed by atoms with Gasteiger partial charge in [0.05, 0.1) is 0 Å². The van der Waals surface area contributed by atoms with Gasteiger partial charge < -0.3 is 21.1 Å². The zero-order chi connectivity index (χ0) is 15.7. The van der Waals surface area contributed by atoms with Gasteiger partial charge >= 0.3 is 0 Å². The monoisotopic (exact) mass is 309 g/mol. The highest BCUT2D eigenvalue weighted by molar-refractivity contribution is 7.80. The van der Waals surface area contributed by atoms with E-state index < -0.39 is 0 Å². The third-order valence-electron chi connectivity index (χ3n) is 2.89. The number of nitrogens with two attached hydrogens (primary N) is 1. The van der Waals surface area contributed by atoms with E-state index in [1.165, 1.54) is 5.56 Å². The number of nitrogens with zero attached hydrogens (tertiary/aromatic N) is 2. The van der Waals surface area contributed by atoms with Gasteiger partial charge in [0.1, 0.15) is 6.23 Å². The van der Waals surface area contributed by atoms with Crippen molar-refractivity contribution in [3.8, 4) is 0 Å². The Morgan fingerprint density at radius 1 is 1.57 bits per heavy atom. The first kappa shape index (κ1) is 17.3. The number of guanidine groups is 1. The first-order chi connectivity index (χ1) is 10.0. The Balaban J connectivity index is 2.49. The van der Waals surface area contributed by atoms with Crippen molar-refractivity contribution in [2.45, 2.75) is 32.9 Å². The topological polar surface area (TPSA) is 84.6 Å². The molecule has 0 amide bonds. The number of hydrogen-bond acceptors (Lipinski definition) is 4. The molecule has 1 aromatic rings. The fourth-order valence-electron chi connectivity index (χ4n) is 1.71. The molecule has 1 aromatic heterocycles. The van der Waals surface area contributed by atoms with Crippen molar-refractivity contribution in [3.05, 3.63) is 29.6 Å². The van der Waals surface area contributed by atoms with Crippen molar-refractivity contribution in [3.63, 3.8) is 0 Å². The highest BCUT2D eigenvalue weighted by Gasteiger charge is 2.04. The van der Waals surface area contributed by atoms with Crippen LogP contribution in [-0.4, -0.2) is 35.9 Å². The highest BCUT2D eigenvalue weighted by Crippen LogP contribution is 2.05. The van der Waals surface area contributed by atoms with Gasteiger partial charge in [0.2, 0.25) is 0 Å². The fraction of sp³-hybridized carbons (Fsp3) is 0.500. The first-order valence-electron chi connectivity index (χ1n) is 6.83. The Kier molecular flexibility index (Phi) is 7.63. The summed E-state index contributed by atoms with van der Waals surface area (Å²) in [5.74, 6) is 0.523. The first-order valence-corrected chi connectivity index (χ1v) is 7.24. The Bertz CT molecular complexity index is 492. The van der Waals surface area contributed by atoms with E-state index in [-0.39, 0.29) is 11.3 Å². The summed E-state index contributed by atoms with van der Waals surface area (Å²) in [5.41, 5.74) is 7.78. The van der Waals surface area contributed by atoms with E-state index in [2.05, 4.69) is 33.6 Å². The number of thiocarbonyl (C=S) groups is 1. The minimum Gasteiger partial charge on any atom is -0.376 e. The van der Waals surface area contributed by atoms with Crippen molar-refractivity contribution in [1.82, 2.24) is 15.6 Å². The summed E-state index contributed by atoms with van der Waals surface area (Å²) in [5, 5.41) is 6.02. The SMILES string of the molecule is COC(C)NC(=NCCCc1ncccc1C)NC(N)=S. The summed E-state index contributed by atoms with van der Waals surface area (Å²) < 4.78 is 5.13. The van der Waals surface area contributed by atoms with Gasteiger partial charge in [0, 0.05) is 25.5 Å². The summed E-state index contributed by atoms with van der Waals surface area (Å²) in [6.45, 7) is 4.58. The number of methoxy groups -OCH3 is 1. The smallest absolute Gasteiger partial charge is 0.199 e. The number of aliphatic imine (C=N–C) groups is 1. The van der Waals surface area contributed by atoms with E-state index in [0.717, 1.165) is 18.5 Å². The number of nitrogens with one attached hydrogen (secondary N) is 2. The summed E-state index contributed by atoms with van der Waals surface area (Å²) in [6, 6.07) is 4.00. The molecule has 0 spiro atoms. The largest absolute Gasteiger partial charge is 0.376 e. The van der Waals surface area contributed by atoms with Gasteiger partial charge in [-0.1, -0.05) is 6.07 Å². The lowest BCUT2D eigenvalue weighted by molar-refractivity contribution is 0.106. The molecule has 6 nitrogen and oxygen atoms in total. The molecule has 0 saturated heterocycles. The Hall–Kier alpha value is -1.73. The van der Waals surface area contributed by atoms with Gasteiger partial charge in [-0.05, 0) is 50.5 Å². The average Bonchev–Trinajstić information content (AvgIpc) is 2.44. The van der Waals surface area contributed by atoms with Crippen LogP contribution in [0.2, 0.25) is 0 Å². The van der Waals surface area contributed by atoms with E-state index in [0.29, 0.717) is 12.5 Å². The van der Waals surface area contributed by atoms with Gasteiger partial charge in [-0.3, -0.25) is 9.98 Å². The molecule has 1 unspecified atom stereocenters. The van der Waals surface area contributed by atoms with Gasteiger partial charge in [0.25, 0.3) is 0 Å². The van der Waals surface area contributed by atoms with Crippen LogP contribution in [0.15, 0.2) is 23.3 Å². The van der Waals surface area contributed by atoms with Crippen LogP contribution in [0.5, 0.6) is 0 Å². The van der Waals surface area contributed by atoms with E-state index in [1.54, 1.807) is 7.11 Å². The predicted molar refractivity (Wildman–Crippen MR) is 89.1 cm³/mol. The van der Waals surface area contributed by atoms with Crippen molar-refractivity contribution >= 4 is 23.3 Å². The standard InChI is InChI=1S/C14H23N5OS/c1-10-6-4-8-16-12(10)7-5-9-17-14(19-13(15)21)18-11(2)20-3/h4,6,8,11H,5,7,9H2,1-3H3,(H4,15,17,18,19,21). The molecule has 116 valence electrons. The molecule has 7 heteroatoms. The Morgan fingerprint density at radius 2 is 2.33 bits per heavy atom. The van der Waals surface area contributed by atoms with Crippen molar-refractivity contribution in [1.29, 1.82) is 0 Å². The maximum atomic E-state index is 5.47. The molecule has 0 bridgehead atoms. The van der Waals surface area contributed by atoms with Crippen LogP contribution < -0.4 is 16.4 Å². The molecule has 21 heavy (non-hydrogen) atoms. The maximum Gasteiger partial charge on any atom is 0.199 e. The van der Waals surface area contributed by atoms with Crippen molar-refractivity contribution < 1.29 is 4.74 Å². The third-order valence-corrected chi connectivity index (χ3v) is 3.00. The zero-order valence-corrected chi connectivity index (χ0v) is 13.5. The normalized spacial score (nSPS) is 12.8. The highest BCUT2D eigenvalue weighted by atomic mass is 32.1. The summed E-state index contributed by atoms with van der Waals surface area (Å²) >= 11 is 4.83. The molecular formula is C14H23N5OS. The predicted octanol–water partition coefficient (Wildman–Crippen LogP) is 1.09. The Morgan fingerprint density at radius 3 is 2.95 bits per heavy atom. The molecule has 1 atom stereocenters. The van der Waals surface area contributed by atoms with Gasteiger partial charge in [-0.25, -0.2) is 0 Å². The number of pyridine rings is 1. The summed E-state index contributed by atoms with van der Waals surface area (Å²) in [6.07, 6.45) is 3.41. The zero-order valence-electron chi connectivity index (χ0n) is 12.7. The van der Waals surface area contributed by atoms with Gasteiger partial charge in [-0.15, -0.1) is 0 Å². The minimum atomic E-state index is -0.177. The minimum absolute atomic E-state index is 0.171. The number of hydrogen-bond donors (Lipinski definition) is 3. The van der Waals surface area contributed by atoms with Crippen molar-refractivity contribution in [2.75, 3.05) is 13.7 Å². The number of ether oxygens (including phenoxy) is 1. The fourth-order valence-corrected chi connectivity index (χ4v) is 1.80.